The van der Waals surface area contributed by atoms with Gasteiger partial charge in [0.1, 0.15) is 6.61 Å². The van der Waals surface area contributed by atoms with Crippen LogP contribution in [0.5, 0.6) is 0 Å². The minimum atomic E-state index is -0.888. The molecular formula is C59H100NO7+. The Kier molecular flexibility index (Phi) is 46.0. The predicted molar refractivity (Wildman–Crippen MR) is 284 cm³/mol. The first kappa shape index (κ1) is 63.2. The zero-order chi connectivity index (χ0) is 49.2. The van der Waals surface area contributed by atoms with Crippen molar-refractivity contribution < 1.29 is 38.2 Å². The van der Waals surface area contributed by atoms with E-state index in [2.05, 4.69) is 111 Å². The van der Waals surface area contributed by atoms with E-state index in [0.717, 1.165) is 77.0 Å². The number of esters is 2. The van der Waals surface area contributed by atoms with Crippen LogP contribution >= 0.6 is 0 Å². The van der Waals surface area contributed by atoms with Crippen molar-refractivity contribution in [3.8, 4) is 0 Å². The fourth-order valence-electron chi connectivity index (χ4n) is 7.37. The van der Waals surface area contributed by atoms with E-state index in [1.165, 1.54) is 89.9 Å². The van der Waals surface area contributed by atoms with E-state index >= 15 is 0 Å². The fraction of sp³-hybridized carbons (Fsp3) is 0.678. The van der Waals surface area contributed by atoms with Crippen molar-refractivity contribution in [3.63, 3.8) is 0 Å². The highest BCUT2D eigenvalue weighted by atomic mass is 16.6. The highest BCUT2D eigenvalue weighted by Gasteiger charge is 2.31. The zero-order valence-corrected chi connectivity index (χ0v) is 43.6. The van der Waals surface area contributed by atoms with Gasteiger partial charge in [0.25, 0.3) is 0 Å². The third-order valence-electron chi connectivity index (χ3n) is 11.5. The summed E-state index contributed by atoms with van der Waals surface area (Å²) in [6.45, 7) is 4.56. The third-order valence-corrected chi connectivity index (χ3v) is 11.5. The summed E-state index contributed by atoms with van der Waals surface area (Å²) < 4.78 is 17.3. The maximum absolute atomic E-state index is 12.8. The maximum Gasteiger partial charge on any atom is 0.362 e. The van der Waals surface area contributed by atoms with Crippen molar-refractivity contribution >= 4 is 17.9 Å². The van der Waals surface area contributed by atoms with Crippen LogP contribution in [0.25, 0.3) is 0 Å². The van der Waals surface area contributed by atoms with Crippen molar-refractivity contribution in [1.29, 1.82) is 0 Å². The summed E-state index contributed by atoms with van der Waals surface area (Å²) in [5.74, 6) is -1.56. The van der Waals surface area contributed by atoms with Gasteiger partial charge in [-0.3, -0.25) is 9.59 Å². The number of rotatable bonds is 47. The largest absolute Gasteiger partial charge is 0.477 e. The number of likely N-dealkylation sites (N-methyl/N-ethyl adjacent to an activating group) is 1. The van der Waals surface area contributed by atoms with Gasteiger partial charge in [-0.25, -0.2) is 4.79 Å². The molecule has 0 rings (SSSR count). The Labute approximate surface area is 411 Å². The third kappa shape index (κ3) is 47.1. The molecule has 67 heavy (non-hydrogen) atoms. The van der Waals surface area contributed by atoms with Crippen LogP contribution in [0.15, 0.2) is 97.2 Å². The molecule has 0 saturated carbocycles. The lowest BCUT2D eigenvalue weighted by molar-refractivity contribution is -0.887. The van der Waals surface area contributed by atoms with Crippen LogP contribution in [0.3, 0.4) is 0 Å². The quantitative estimate of drug-likeness (QED) is 0.0281. The van der Waals surface area contributed by atoms with Gasteiger partial charge in [-0.1, -0.05) is 195 Å². The highest BCUT2D eigenvalue weighted by Crippen LogP contribution is 2.14. The molecule has 0 saturated heterocycles. The number of ether oxygens (including phenoxy) is 3. The van der Waals surface area contributed by atoms with Gasteiger partial charge in [0.15, 0.2) is 12.1 Å². The Morgan fingerprint density at radius 1 is 0.463 bits per heavy atom. The molecule has 0 bridgehead atoms. The number of allylic oxidation sites excluding steroid dienone is 16. The van der Waals surface area contributed by atoms with Gasteiger partial charge in [0, 0.05) is 19.3 Å². The zero-order valence-electron chi connectivity index (χ0n) is 43.6. The van der Waals surface area contributed by atoms with Crippen LogP contribution in [-0.2, 0) is 28.6 Å². The van der Waals surface area contributed by atoms with Crippen LogP contribution in [0.1, 0.15) is 206 Å². The lowest BCUT2D eigenvalue weighted by Gasteiger charge is -2.31. The number of carboxylic acid groups (broad SMARTS) is 1. The topological polar surface area (TPSA) is 99.1 Å². The second-order valence-corrected chi connectivity index (χ2v) is 18.7. The Morgan fingerprint density at radius 3 is 1.28 bits per heavy atom. The number of carbonyl (C=O) groups excluding carboxylic acids is 2. The van der Waals surface area contributed by atoms with Gasteiger partial charge in [0.2, 0.25) is 0 Å². The molecule has 0 amide bonds. The van der Waals surface area contributed by atoms with Gasteiger partial charge in [-0.05, 0) is 89.9 Å². The normalized spacial score (nSPS) is 13.6. The molecule has 0 aliphatic rings. The van der Waals surface area contributed by atoms with Crippen LogP contribution in [0, 0.1) is 0 Å². The maximum atomic E-state index is 12.8. The molecule has 0 heterocycles. The lowest BCUT2D eigenvalue weighted by Crippen LogP contribution is -2.50. The van der Waals surface area contributed by atoms with E-state index < -0.39 is 18.1 Å². The predicted octanol–water partition coefficient (Wildman–Crippen LogP) is 15.8. The van der Waals surface area contributed by atoms with Gasteiger partial charge in [-0.15, -0.1) is 0 Å². The summed E-state index contributed by atoms with van der Waals surface area (Å²) in [4.78, 5) is 37.2. The Morgan fingerprint density at radius 2 is 0.851 bits per heavy atom. The van der Waals surface area contributed by atoms with E-state index in [0.29, 0.717) is 19.3 Å². The van der Waals surface area contributed by atoms with Crippen LogP contribution in [-0.4, -0.2) is 80.6 Å². The first-order chi connectivity index (χ1) is 32.6. The molecule has 0 aliphatic carbocycles. The molecule has 0 aromatic rings. The number of nitrogens with zero attached hydrogens (tertiary/aromatic N) is 1. The molecule has 2 atom stereocenters. The number of quaternary nitrogens is 1. The summed E-state index contributed by atoms with van der Waals surface area (Å²) >= 11 is 0. The molecule has 0 aromatic heterocycles. The monoisotopic (exact) mass is 935 g/mol. The molecule has 0 spiro atoms. The first-order valence-corrected chi connectivity index (χ1v) is 26.8. The van der Waals surface area contributed by atoms with E-state index in [4.69, 9.17) is 14.2 Å². The molecule has 0 aliphatic heterocycles. The van der Waals surface area contributed by atoms with Crippen molar-refractivity contribution in [2.45, 2.75) is 219 Å². The number of aliphatic carboxylic acids is 1. The molecule has 0 aromatic carbocycles. The highest BCUT2D eigenvalue weighted by molar-refractivity contribution is 5.72. The standard InChI is InChI=1S/C59H99NO7/c1-6-8-10-12-14-16-18-20-22-24-26-28-29-30-32-33-35-37-39-41-43-45-47-49-57(61)66-54-55(53-65-52-51-56(59(63)64)60(3,4)5)67-58(62)50-48-46-44-42-40-38-36-34-31-27-25-23-21-19-17-15-13-11-9-7-2/h9,11,15,17,21,23,26-28,30-32,36,38,42,44,55-56H,6-8,10,12-14,16,18-20,22,24-25,29,33-35,37,39-41,43,45-54H2,1-5H3/p+1/b11-9+,17-15+,23-21+,28-26+,31-27+,32-30+,38-36+,44-42+. The smallest absolute Gasteiger partial charge is 0.362 e. The average molecular weight is 935 g/mol. The van der Waals surface area contributed by atoms with Gasteiger partial charge in [-0.2, -0.15) is 0 Å². The van der Waals surface area contributed by atoms with Crippen molar-refractivity contribution in [2.75, 3.05) is 41.0 Å². The average Bonchev–Trinajstić information content (AvgIpc) is 3.29. The second kappa shape index (κ2) is 48.7. The van der Waals surface area contributed by atoms with Crippen LogP contribution < -0.4 is 0 Å². The van der Waals surface area contributed by atoms with E-state index in [1.807, 2.05) is 21.1 Å². The van der Waals surface area contributed by atoms with Crippen LogP contribution in [0.2, 0.25) is 0 Å². The minimum absolute atomic E-state index is 0.0297. The van der Waals surface area contributed by atoms with Crippen molar-refractivity contribution in [1.82, 2.24) is 0 Å². The van der Waals surface area contributed by atoms with E-state index in [-0.39, 0.29) is 42.7 Å². The molecule has 8 nitrogen and oxygen atoms in total. The van der Waals surface area contributed by atoms with E-state index in [1.54, 1.807) is 0 Å². The summed E-state index contributed by atoms with van der Waals surface area (Å²) in [5.41, 5.74) is 0. The lowest BCUT2D eigenvalue weighted by atomic mass is 10.1. The van der Waals surface area contributed by atoms with Crippen LogP contribution in [0.4, 0.5) is 0 Å². The second-order valence-electron chi connectivity index (χ2n) is 18.7. The Bertz CT molecular complexity index is 1410. The molecule has 2 unspecified atom stereocenters. The number of unbranched alkanes of at least 4 members (excludes halogenated alkanes) is 17. The molecule has 1 N–H and O–H groups in total. The van der Waals surface area contributed by atoms with Gasteiger partial charge in [0.05, 0.1) is 34.4 Å². The Hall–Kier alpha value is -3.75. The number of carboxylic acids is 1. The Balaban J connectivity index is 4.34. The molecule has 8 heteroatoms. The van der Waals surface area contributed by atoms with Gasteiger partial charge < -0.3 is 23.8 Å². The van der Waals surface area contributed by atoms with Crippen molar-refractivity contribution in [2.24, 2.45) is 0 Å². The van der Waals surface area contributed by atoms with Gasteiger partial charge >= 0.3 is 17.9 Å². The summed E-state index contributed by atoms with van der Waals surface area (Å²) in [6, 6.07) is -0.633. The number of hydrogen-bond acceptors (Lipinski definition) is 6. The first-order valence-electron chi connectivity index (χ1n) is 26.8. The molecule has 0 fully saturated rings. The van der Waals surface area contributed by atoms with Crippen molar-refractivity contribution in [3.05, 3.63) is 97.2 Å². The number of carbonyl (C=O) groups is 3. The SMILES string of the molecule is CC/C=C/C/C=C/C/C=C/C/C=C/C/C=C/C/C=C/CCCC(=O)OC(COCCC(C(=O)O)[N+](C)(C)C)COC(=O)CCCCCCCCC/C=C/C/C=C/CCCCCCCCCCC. The molecular weight excluding hydrogens is 835 g/mol. The number of hydrogen-bond donors (Lipinski definition) is 1. The summed E-state index contributed by atoms with van der Waals surface area (Å²) in [6.07, 6.45) is 66.2. The molecule has 0 radical (unpaired) electrons. The minimum Gasteiger partial charge on any atom is -0.477 e. The fourth-order valence-corrected chi connectivity index (χ4v) is 7.37. The summed E-state index contributed by atoms with van der Waals surface area (Å²) in [7, 11) is 5.51. The molecule has 382 valence electrons. The summed E-state index contributed by atoms with van der Waals surface area (Å²) in [5, 5.41) is 9.66. The van der Waals surface area contributed by atoms with E-state index in [9.17, 15) is 19.5 Å².